The fourth-order valence-electron chi connectivity index (χ4n) is 1.61. The van der Waals surface area contributed by atoms with Gasteiger partial charge in [0, 0.05) is 11.1 Å². The summed E-state index contributed by atoms with van der Waals surface area (Å²) in [6.07, 6.45) is 2.17. The highest BCUT2D eigenvalue weighted by molar-refractivity contribution is 6.31. The molecule has 0 saturated carbocycles. The SMILES string of the molecule is CCCNC(C)Cc1ccc(C)cc1Cl. The first-order valence-electron chi connectivity index (χ1n) is 5.62. The van der Waals surface area contributed by atoms with Gasteiger partial charge in [-0.3, -0.25) is 0 Å². The molecule has 1 nitrogen and oxygen atoms in total. The predicted molar refractivity (Wildman–Crippen MR) is 67.6 cm³/mol. The van der Waals surface area contributed by atoms with Crippen LogP contribution in [0.5, 0.6) is 0 Å². The van der Waals surface area contributed by atoms with Crippen molar-refractivity contribution >= 4 is 11.6 Å². The maximum Gasteiger partial charge on any atom is 0.0441 e. The Labute approximate surface area is 97.8 Å². The van der Waals surface area contributed by atoms with Crippen molar-refractivity contribution in [3.63, 3.8) is 0 Å². The fourth-order valence-corrected chi connectivity index (χ4v) is 1.92. The Morgan fingerprint density at radius 3 is 2.73 bits per heavy atom. The van der Waals surface area contributed by atoms with Gasteiger partial charge < -0.3 is 5.32 Å². The lowest BCUT2D eigenvalue weighted by Gasteiger charge is -2.14. The number of benzene rings is 1. The summed E-state index contributed by atoms with van der Waals surface area (Å²) >= 11 is 6.18. The molecule has 1 atom stereocenters. The third kappa shape index (κ3) is 4.23. The van der Waals surface area contributed by atoms with Crippen LogP contribution in [0, 0.1) is 6.92 Å². The highest BCUT2D eigenvalue weighted by atomic mass is 35.5. The van der Waals surface area contributed by atoms with Crippen LogP contribution in [0.25, 0.3) is 0 Å². The second kappa shape index (κ2) is 6.14. The Kier molecular flexibility index (Phi) is 5.13. The van der Waals surface area contributed by atoms with E-state index < -0.39 is 0 Å². The van der Waals surface area contributed by atoms with Crippen LogP contribution in [-0.4, -0.2) is 12.6 Å². The standard InChI is InChI=1S/C13H20ClN/c1-4-7-15-11(3)9-12-6-5-10(2)8-13(12)14/h5-6,8,11,15H,4,7,9H2,1-3H3. The van der Waals surface area contributed by atoms with Crippen LogP contribution in [-0.2, 0) is 6.42 Å². The Bertz CT molecular complexity index is 309. The van der Waals surface area contributed by atoms with Gasteiger partial charge in [0.25, 0.3) is 0 Å². The van der Waals surface area contributed by atoms with E-state index in [1.807, 2.05) is 6.07 Å². The highest BCUT2D eigenvalue weighted by Crippen LogP contribution is 2.18. The molecule has 0 bridgehead atoms. The van der Waals surface area contributed by atoms with Crippen LogP contribution >= 0.6 is 11.6 Å². The van der Waals surface area contributed by atoms with E-state index in [2.05, 4.69) is 38.2 Å². The van der Waals surface area contributed by atoms with E-state index in [4.69, 9.17) is 11.6 Å². The van der Waals surface area contributed by atoms with Crippen molar-refractivity contribution in [3.8, 4) is 0 Å². The minimum Gasteiger partial charge on any atom is -0.314 e. The van der Waals surface area contributed by atoms with Crippen LogP contribution in [0.3, 0.4) is 0 Å². The molecule has 0 aromatic heterocycles. The Hall–Kier alpha value is -0.530. The van der Waals surface area contributed by atoms with Gasteiger partial charge in [-0.15, -0.1) is 0 Å². The van der Waals surface area contributed by atoms with E-state index in [-0.39, 0.29) is 0 Å². The van der Waals surface area contributed by atoms with Crippen molar-refractivity contribution in [2.75, 3.05) is 6.54 Å². The van der Waals surface area contributed by atoms with E-state index in [0.717, 1.165) is 18.0 Å². The summed E-state index contributed by atoms with van der Waals surface area (Å²) in [5.74, 6) is 0. The molecule has 15 heavy (non-hydrogen) atoms. The minimum absolute atomic E-state index is 0.491. The lowest BCUT2D eigenvalue weighted by atomic mass is 10.1. The van der Waals surface area contributed by atoms with Gasteiger partial charge in [-0.05, 0) is 50.4 Å². The normalized spacial score (nSPS) is 12.8. The van der Waals surface area contributed by atoms with Gasteiger partial charge in [-0.25, -0.2) is 0 Å². The average molecular weight is 226 g/mol. The van der Waals surface area contributed by atoms with Crippen molar-refractivity contribution < 1.29 is 0 Å². The zero-order valence-corrected chi connectivity index (χ0v) is 10.6. The van der Waals surface area contributed by atoms with Crippen molar-refractivity contribution in [1.82, 2.24) is 5.32 Å². The molecular weight excluding hydrogens is 206 g/mol. The summed E-state index contributed by atoms with van der Waals surface area (Å²) in [4.78, 5) is 0. The lowest BCUT2D eigenvalue weighted by Crippen LogP contribution is -2.28. The molecule has 0 spiro atoms. The van der Waals surface area contributed by atoms with Crippen molar-refractivity contribution in [3.05, 3.63) is 34.3 Å². The van der Waals surface area contributed by atoms with Gasteiger partial charge in [0.05, 0.1) is 0 Å². The summed E-state index contributed by atoms with van der Waals surface area (Å²) < 4.78 is 0. The first kappa shape index (κ1) is 12.5. The smallest absolute Gasteiger partial charge is 0.0441 e. The van der Waals surface area contributed by atoms with Gasteiger partial charge >= 0.3 is 0 Å². The van der Waals surface area contributed by atoms with Gasteiger partial charge in [-0.2, -0.15) is 0 Å². The number of aryl methyl sites for hydroxylation is 1. The van der Waals surface area contributed by atoms with Gasteiger partial charge in [0.1, 0.15) is 0 Å². The third-order valence-corrected chi connectivity index (χ3v) is 2.83. The molecule has 0 radical (unpaired) electrons. The van der Waals surface area contributed by atoms with Gasteiger partial charge in [0.15, 0.2) is 0 Å². The molecule has 1 aromatic rings. The maximum atomic E-state index is 6.18. The zero-order chi connectivity index (χ0) is 11.3. The second-order valence-corrected chi connectivity index (χ2v) is 4.56. The van der Waals surface area contributed by atoms with Crippen molar-refractivity contribution in [2.24, 2.45) is 0 Å². The largest absolute Gasteiger partial charge is 0.314 e. The maximum absolute atomic E-state index is 6.18. The second-order valence-electron chi connectivity index (χ2n) is 4.15. The summed E-state index contributed by atoms with van der Waals surface area (Å²) in [5.41, 5.74) is 2.45. The zero-order valence-electron chi connectivity index (χ0n) is 9.81. The summed E-state index contributed by atoms with van der Waals surface area (Å²) in [6, 6.07) is 6.77. The fraction of sp³-hybridized carbons (Fsp3) is 0.538. The summed E-state index contributed by atoms with van der Waals surface area (Å²) in [7, 11) is 0. The molecule has 1 unspecified atom stereocenters. The molecule has 1 aromatic carbocycles. The quantitative estimate of drug-likeness (QED) is 0.808. The molecular formula is C13H20ClN. The van der Waals surface area contributed by atoms with Crippen LogP contribution < -0.4 is 5.32 Å². The third-order valence-electron chi connectivity index (χ3n) is 2.48. The van der Waals surface area contributed by atoms with Crippen molar-refractivity contribution in [2.45, 2.75) is 39.7 Å². The van der Waals surface area contributed by atoms with Crippen molar-refractivity contribution in [1.29, 1.82) is 0 Å². The number of rotatable bonds is 5. The van der Waals surface area contributed by atoms with E-state index in [9.17, 15) is 0 Å². The molecule has 0 saturated heterocycles. The topological polar surface area (TPSA) is 12.0 Å². The number of halogens is 1. The predicted octanol–water partition coefficient (Wildman–Crippen LogP) is 3.58. The molecule has 0 amide bonds. The first-order valence-corrected chi connectivity index (χ1v) is 5.99. The number of hydrogen-bond acceptors (Lipinski definition) is 1. The Morgan fingerprint density at radius 2 is 2.13 bits per heavy atom. The van der Waals surface area contributed by atoms with E-state index in [1.54, 1.807) is 0 Å². The van der Waals surface area contributed by atoms with Gasteiger partial charge in [0.2, 0.25) is 0 Å². The van der Waals surface area contributed by atoms with E-state index in [0.29, 0.717) is 6.04 Å². The Balaban J connectivity index is 2.56. The van der Waals surface area contributed by atoms with E-state index >= 15 is 0 Å². The highest BCUT2D eigenvalue weighted by Gasteiger charge is 2.05. The molecule has 1 N–H and O–H groups in total. The summed E-state index contributed by atoms with van der Waals surface area (Å²) in [5, 5.41) is 4.35. The first-order chi connectivity index (χ1) is 7.13. The van der Waals surface area contributed by atoms with Crippen LogP contribution in [0.2, 0.25) is 5.02 Å². The molecule has 1 rings (SSSR count). The molecule has 0 aliphatic heterocycles. The molecule has 0 fully saturated rings. The molecule has 0 heterocycles. The lowest BCUT2D eigenvalue weighted by molar-refractivity contribution is 0.543. The van der Waals surface area contributed by atoms with E-state index in [1.165, 1.54) is 17.5 Å². The summed E-state index contributed by atoms with van der Waals surface area (Å²) in [6.45, 7) is 7.52. The average Bonchev–Trinajstić information content (AvgIpc) is 2.19. The molecule has 84 valence electrons. The van der Waals surface area contributed by atoms with Crippen LogP contribution in [0.1, 0.15) is 31.4 Å². The van der Waals surface area contributed by atoms with Crippen LogP contribution in [0.4, 0.5) is 0 Å². The minimum atomic E-state index is 0.491. The van der Waals surface area contributed by atoms with Gasteiger partial charge in [-0.1, -0.05) is 30.7 Å². The number of nitrogens with one attached hydrogen (secondary N) is 1. The molecule has 0 aliphatic rings. The molecule has 0 aliphatic carbocycles. The molecule has 2 heteroatoms. The monoisotopic (exact) mass is 225 g/mol. The van der Waals surface area contributed by atoms with Crippen LogP contribution in [0.15, 0.2) is 18.2 Å². The Morgan fingerprint density at radius 1 is 1.40 bits per heavy atom. The number of hydrogen-bond donors (Lipinski definition) is 1.